The number of rotatable bonds is 11. The van der Waals surface area contributed by atoms with Gasteiger partial charge in [0.15, 0.2) is 0 Å². The highest BCUT2D eigenvalue weighted by Crippen LogP contribution is 2.34. The smallest absolute Gasteiger partial charge is 0.358 e. The molecule has 12 heteroatoms. The van der Waals surface area contributed by atoms with Crippen molar-refractivity contribution in [1.29, 1.82) is 0 Å². The van der Waals surface area contributed by atoms with Crippen molar-refractivity contribution in [2.45, 2.75) is 45.7 Å². The van der Waals surface area contributed by atoms with E-state index in [0.29, 0.717) is 58.8 Å². The minimum atomic E-state index is -4.55. The lowest BCUT2D eigenvalue weighted by atomic mass is 10.0. The highest BCUT2D eigenvalue weighted by molar-refractivity contribution is 6.34. The number of aromatic nitrogens is 2. The van der Waals surface area contributed by atoms with Crippen LogP contribution in [0.4, 0.5) is 23.2 Å². The fourth-order valence-electron chi connectivity index (χ4n) is 4.75. The Morgan fingerprint density at radius 2 is 1.72 bits per heavy atom. The third-order valence-corrected chi connectivity index (χ3v) is 6.95. The van der Waals surface area contributed by atoms with E-state index in [0.717, 1.165) is 31.5 Å². The van der Waals surface area contributed by atoms with Crippen molar-refractivity contribution in [1.82, 2.24) is 20.6 Å². The van der Waals surface area contributed by atoms with Gasteiger partial charge >= 0.3 is 6.18 Å². The third-order valence-electron chi connectivity index (χ3n) is 6.95. The summed E-state index contributed by atoms with van der Waals surface area (Å²) >= 11 is 0. The summed E-state index contributed by atoms with van der Waals surface area (Å²) in [5.41, 5.74) is 2.91. The number of unbranched alkanes of at least 4 members (excludes halogenated alkanes) is 3. The first-order valence-corrected chi connectivity index (χ1v) is 13.7. The summed E-state index contributed by atoms with van der Waals surface area (Å²) in [7, 11) is 0. The van der Waals surface area contributed by atoms with E-state index in [1.165, 1.54) is 36.4 Å². The van der Waals surface area contributed by atoms with Gasteiger partial charge in [0.05, 0.1) is 11.1 Å². The number of fused-ring (bicyclic) bond motifs is 1. The van der Waals surface area contributed by atoms with Crippen LogP contribution in [0.1, 0.15) is 69.8 Å². The zero-order valence-corrected chi connectivity index (χ0v) is 23.6. The molecule has 0 fully saturated rings. The van der Waals surface area contributed by atoms with E-state index in [1.807, 2.05) is 0 Å². The van der Waals surface area contributed by atoms with Gasteiger partial charge in [-0.1, -0.05) is 12.8 Å². The van der Waals surface area contributed by atoms with Crippen LogP contribution in [0.5, 0.6) is 0 Å². The van der Waals surface area contributed by atoms with Gasteiger partial charge in [-0.2, -0.15) is 13.2 Å². The molecular formula is C31H31F4N5O3. The van der Waals surface area contributed by atoms with Crippen LogP contribution < -0.4 is 16.0 Å². The fraction of sp³-hybridized carbons (Fsp3) is 0.290. The number of nitrogens with one attached hydrogen (secondary N) is 4. The monoisotopic (exact) mass is 597 g/mol. The van der Waals surface area contributed by atoms with Crippen molar-refractivity contribution >= 4 is 41.1 Å². The fourth-order valence-corrected chi connectivity index (χ4v) is 4.75. The molecule has 0 bridgehead atoms. The van der Waals surface area contributed by atoms with Crippen LogP contribution in [-0.4, -0.2) is 40.8 Å². The first kappa shape index (κ1) is 31.2. The Balaban J connectivity index is 1.18. The topological polar surface area (TPSA) is 116 Å². The Bertz CT molecular complexity index is 1590. The van der Waals surface area contributed by atoms with Crippen LogP contribution in [0.3, 0.4) is 0 Å². The molecule has 4 N–H and O–H groups in total. The minimum absolute atomic E-state index is 0.224. The number of pyridine rings is 1. The van der Waals surface area contributed by atoms with Crippen molar-refractivity contribution in [2.75, 3.05) is 18.4 Å². The van der Waals surface area contributed by atoms with Gasteiger partial charge in [0.25, 0.3) is 11.8 Å². The number of anilines is 1. The van der Waals surface area contributed by atoms with E-state index in [-0.39, 0.29) is 17.4 Å². The van der Waals surface area contributed by atoms with Crippen LogP contribution in [0.15, 0.2) is 42.6 Å². The second kappa shape index (κ2) is 13.5. The number of alkyl halides is 3. The normalized spacial score (nSPS) is 13.8. The maximum atomic E-state index is 13.8. The summed E-state index contributed by atoms with van der Waals surface area (Å²) in [4.78, 5) is 43.7. The molecule has 1 aliphatic heterocycles. The summed E-state index contributed by atoms with van der Waals surface area (Å²) in [6, 6.07) is 6.34. The molecule has 4 rings (SSSR count). The van der Waals surface area contributed by atoms with Crippen LogP contribution >= 0.6 is 0 Å². The maximum Gasteiger partial charge on any atom is 0.433 e. The highest BCUT2D eigenvalue weighted by Gasteiger charge is 2.32. The first-order chi connectivity index (χ1) is 20.4. The predicted octanol–water partition coefficient (Wildman–Crippen LogP) is 5.80. The standard InChI is InChI=1S/C31H31F4N5O3/c1-18-25(17-23-22-16-21(32)8-9-24(22)40-29(23)42)39-19(2)28(18)30(43)38-13-6-4-3-5-12-37-27(41)10-7-20-11-14-36-26(15-20)31(33,34)35/h7-11,14-17,39H,3-6,12-13H2,1-2H3,(H,37,41)(H,38,43)(H,40,42)/b10-7+,23-17-. The van der Waals surface area contributed by atoms with Gasteiger partial charge in [0.2, 0.25) is 5.91 Å². The molecule has 2 aromatic heterocycles. The average Bonchev–Trinajstić information content (AvgIpc) is 3.42. The SMILES string of the molecule is Cc1[nH]c(/C=C2\C(=O)Nc3ccc(F)cc32)c(C)c1C(=O)NCCCCCCNC(=O)/C=C/c1ccnc(C(F)(F)F)c1. The number of carbonyl (C=O) groups is 3. The molecule has 0 spiro atoms. The van der Waals surface area contributed by atoms with E-state index >= 15 is 0 Å². The molecule has 0 atom stereocenters. The Morgan fingerprint density at radius 3 is 2.44 bits per heavy atom. The van der Waals surface area contributed by atoms with Crippen molar-refractivity contribution in [2.24, 2.45) is 0 Å². The molecule has 0 radical (unpaired) electrons. The zero-order chi connectivity index (χ0) is 31.1. The third kappa shape index (κ3) is 7.97. The van der Waals surface area contributed by atoms with E-state index in [4.69, 9.17) is 0 Å². The number of hydrogen-bond donors (Lipinski definition) is 4. The first-order valence-electron chi connectivity index (χ1n) is 13.7. The van der Waals surface area contributed by atoms with Gasteiger partial charge in [-0.25, -0.2) is 4.39 Å². The molecule has 226 valence electrons. The molecule has 1 aliphatic rings. The largest absolute Gasteiger partial charge is 0.433 e. The molecule has 1 aromatic carbocycles. The van der Waals surface area contributed by atoms with Gasteiger partial charge in [-0.15, -0.1) is 0 Å². The van der Waals surface area contributed by atoms with E-state index in [1.54, 1.807) is 19.9 Å². The number of hydrogen-bond acceptors (Lipinski definition) is 4. The molecule has 3 heterocycles. The number of halogens is 4. The summed E-state index contributed by atoms with van der Waals surface area (Å²) in [6.45, 7) is 4.42. The van der Waals surface area contributed by atoms with Gasteiger partial charge in [-0.05, 0) is 80.3 Å². The van der Waals surface area contributed by atoms with Crippen LogP contribution in [0.25, 0.3) is 17.7 Å². The Kier molecular flexibility index (Phi) is 9.79. The molecule has 43 heavy (non-hydrogen) atoms. The summed E-state index contributed by atoms with van der Waals surface area (Å²) in [5, 5.41) is 8.32. The quantitative estimate of drug-likeness (QED) is 0.127. The van der Waals surface area contributed by atoms with Crippen LogP contribution in [0, 0.1) is 19.7 Å². The molecule has 0 saturated heterocycles. The number of amides is 3. The van der Waals surface area contributed by atoms with Crippen LogP contribution in [-0.2, 0) is 15.8 Å². The Hall–Kier alpha value is -4.74. The number of nitrogens with zero attached hydrogens (tertiary/aromatic N) is 1. The highest BCUT2D eigenvalue weighted by atomic mass is 19.4. The minimum Gasteiger partial charge on any atom is -0.358 e. The molecular weight excluding hydrogens is 566 g/mol. The number of aromatic amines is 1. The lowest BCUT2D eigenvalue weighted by molar-refractivity contribution is -0.141. The van der Waals surface area contributed by atoms with Gasteiger partial charge in [0.1, 0.15) is 11.5 Å². The Morgan fingerprint density at radius 1 is 1.00 bits per heavy atom. The number of H-pyrrole nitrogens is 1. The number of benzene rings is 1. The zero-order valence-electron chi connectivity index (χ0n) is 23.6. The second-order valence-electron chi connectivity index (χ2n) is 10.1. The number of aryl methyl sites for hydroxylation is 1. The lowest BCUT2D eigenvalue weighted by Crippen LogP contribution is -2.25. The summed E-state index contributed by atoms with van der Waals surface area (Å²) < 4.78 is 52.0. The molecule has 0 unspecified atom stereocenters. The Labute approximate surface area is 245 Å². The lowest BCUT2D eigenvalue weighted by Gasteiger charge is -2.07. The average molecular weight is 598 g/mol. The van der Waals surface area contributed by atoms with Crippen LogP contribution in [0.2, 0.25) is 0 Å². The number of carbonyl (C=O) groups excluding carboxylic acids is 3. The predicted molar refractivity (Wildman–Crippen MR) is 155 cm³/mol. The second-order valence-corrected chi connectivity index (χ2v) is 10.1. The van der Waals surface area contributed by atoms with E-state index < -0.39 is 23.6 Å². The molecule has 0 saturated carbocycles. The molecule has 8 nitrogen and oxygen atoms in total. The summed E-state index contributed by atoms with van der Waals surface area (Å²) in [5.74, 6) is -1.45. The van der Waals surface area contributed by atoms with Gasteiger partial charge < -0.3 is 20.9 Å². The van der Waals surface area contributed by atoms with E-state index in [9.17, 15) is 31.9 Å². The van der Waals surface area contributed by atoms with Gasteiger partial charge in [0, 0.05) is 48.0 Å². The van der Waals surface area contributed by atoms with Crippen molar-refractivity contribution < 1.29 is 31.9 Å². The summed E-state index contributed by atoms with van der Waals surface area (Å²) in [6.07, 6.45) is 3.65. The maximum absolute atomic E-state index is 13.8. The molecule has 3 aromatic rings. The van der Waals surface area contributed by atoms with Crippen molar-refractivity contribution in [3.05, 3.63) is 87.8 Å². The van der Waals surface area contributed by atoms with Crippen molar-refractivity contribution in [3.8, 4) is 0 Å². The van der Waals surface area contributed by atoms with E-state index in [2.05, 4.69) is 25.9 Å². The molecule has 0 aliphatic carbocycles. The molecule has 3 amide bonds. The van der Waals surface area contributed by atoms with Crippen molar-refractivity contribution in [3.63, 3.8) is 0 Å². The van der Waals surface area contributed by atoms with Gasteiger partial charge in [-0.3, -0.25) is 19.4 Å².